The summed E-state index contributed by atoms with van der Waals surface area (Å²) in [5.41, 5.74) is 6.27. The Balaban J connectivity index is 1.24. The van der Waals surface area contributed by atoms with Crippen LogP contribution in [0.3, 0.4) is 0 Å². The summed E-state index contributed by atoms with van der Waals surface area (Å²) in [5.74, 6) is -2.81. The average Bonchev–Trinajstić information content (AvgIpc) is 3.60. The van der Waals surface area contributed by atoms with E-state index in [2.05, 4.69) is 29.4 Å². The van der Waals surface area contributed by atoms with E-state index in [1.165, 1.54) is 23.3 Å². The van der Waals surface area contributed by atoms with Crippen molar-refractivity contribution >= 4 is 51.7 Å². The first kappa shape index (κ1) is 43.7. The summed E-state index contributed by atoms with van der Waals surface area (Å²) in [4.78, 5) is 67.9. The molecule has 0 saturated carbocycles. The van der Waals surface area contributed by atoms with Crippen LogP contribution in [0.25, 0.3) is 0 Å². The van der Waals surface area contributed by atoms with Crippen molar-refractivity contribution in [1.29, 1.82) is 0 Å². The first-order chi connectivity index (χ1) is 27.9. The van der Waals surface area contributed by atoms with Crippen molar-refractivity contribution in [1.82, 2.24) is 9.80 Å². The number of nitrogens with one attached hydrogen (secondary N) is 2. The van der Waals surface area contributed by atoms with Crippen molar-refractivity contribution in [3.63, 3.8) is 0 Å². The van der Waals surface area contributed by atoms with Crippen molar-refractivity contribution in [3.8, 4) is 0 Å². The number of amides is 3. The highest BCUT2D eigenvalue weighted by atomic mass is 32.1. The molecule has 0 fully saturated rings. The Morgan fingerprint density at radius 2 is 1.47 bits per heavy atom. The number of aliphatic hydroxyl groups is 1. The van der Waals surface area contributed by atoms with E-state index < -0.39 is 24.4 Å². The minimum Gasteiger partial charge on any atom is -0.479 e. The smallest absolute Gasteiger partial charge is 0.337 e. The highest BCUT2D eigenvalue weighted by Crippen LogP contribution is 2.39. The van der Waals surface area contributed by atoms with Crippen LogP contribution >= 0.6 is 11.3 Å². The number of hydrogen-bond acceptors (Lipinski definition) is 9. The average molecular weight is 811 g/mol. The molecule has 0 saturated heterocycles. The third-order valence-corrected chi connectivity index (χ3v) is 12.0. The zero-order valence-electron chi connectivity index (χ0n) is 33.7. The second kappa shape index (κ2) is 20.9. The number of hydrogen-bond donors (Lipinski definition) is 4. The molecule has 0 radical (unpaired) electrons. The Bertz CT molecular complexity index is 2060. The van der Waals surface area contributed by atoms with Gasteiger partial charge in [-0.3, -0.25) is 19.3 Å². The van der Waals surface area contributed by atoms with Crippen molar-refractivity contribution in [3.05, 3.63) is 117 Å². The van der Waals surface area contributed by atoms with E-state index in [0.29, 0.717) is 47.0 Å². The Labute approximate surface area is 344 Å². The number of nitrogens with zero attached hydrogens (tertiary/aromatic N) is 2. The van der Waals surface area contributed by atoms with Crippen LogP contribution in [0.15, 0.2) is 72.8 Å². The van der Waals surface area contributed by atoms with Crippen LogP contribution in [-0.2, 0) is 46.6 Å². The van der Waals surface area contributed by atoms with E-state index in [1.54, 1.807) is 25.2 Å². The van der Waals surface area contributed by atoms with E-state index in [9.17, 15) is 29.1 Å². The van der Waals surface area contributed by atoms with Crippen molar-refractivity contribution in [2.75, 3.05) is 37.9 Å². The molecule has 0 spiro atoms. The Hall–Kier alpha value is -5.37. The van der Waals surface area contributed by atoms with Crippen molar-refractivity contribution in [2.24, 2.45) is 0 Å². The molecule has 1 aromatic heterocycles. The third-order valence-electron chi connectivity index (χ3n) is 10.7. The van der Waals surface area contributed by atoms with Gasteiger partial charge in [-0.2, -0.15) is 0 Å². The molecule has 3 amide bonds. The molecule has 0 aliphatic heterocycles. The maximum Gasteiger partial charge on any atom is 0.337 e. The van der Waals surface area contributed by atoms with Gasteiger partial charge < -0.3 is 30.5 Å². The van der Waals surface area contributed by atoms with Gasteiger partial charge in [0, 0.05) is 48.9 Å². The van der Waals surface area contributed by atoms with Crippen molar-refractivity contribution < 1.29 is 38.9 Å². The van der Waals surface area contributed by atoms with Crippen LogP contribution in [0.4, 0.5) is 10.7 Å². The normalized spacial score (nSPS) is 12.8. The molecule has 0 unspecified atom stereocenters. The lowest BCUT2D eigenvalue weighted by Crippen LogP contribution is -2.42. The number of esters is 1. The maximum atomic E-state index is 14.0. The minimum absolute atomic E-state index is 0.207. The first-order valence-electron chi connectivity index (χ1n) is 19.9. The molecule has 0 bridgehead atoms. The summed E-state index contributed by atoms with van der Waals surface area (Å²) in [6.07, 6.45) is 4.73. The Kier molecular flexibility index (Phi) is 15.7. The lowest BCUT2D eigenvalue weighted by atomic mass is 9.95. The first-order valence-corrected chi connectivity index (χ1v) is 20.7. The zero-order chi connectivity index (χ0) is 41.8. The summed E-state index contributed by atoms with van der Waals surface area (Å²) in [7, 11) is 2.96. The number of ether oxygens (including phenoxy) is 1. The molecule has 13 heteroatoms. The number of likely N-dealkylation sites (N-methyl/N-ethyl adjacent to an activating group) is 1. The largest absolute Gasteiger partial charge is 0.479 e. The van der Waals surface area contributed by atoms with Crippen LogP contribution in [0, 0.1) is 0 Å². The molecule has 1 aliphatic carbocycles. The topological polar surface area (TPSA) is 166 Å². The number of rotatable bonds is 19. The predicted molar refractivity (Wildman–Crippen MR) is 226 cm³/mol. The Morgan fingerprint density at radius 1 is 0.810 bits per heavy atom. The third kappa shape index (κ3) is 11.6. The van der Waals surface area contributed by atoms with Crippen LogP contribution in [0.5, 0.6) is 0 Å². The van der Waals surface area contributed by atoms with Gasteiger partial charge >= 0.3 is 11.9 Å². The van der Waals surface area contributed by atoms with E-state index in [0.717, 1.165) is 78.5 Å². The fourth-order valence-electron chi connectivity index (χ4n) is 7.28. The lowest BCUT2D eigenvalue weighted by molar-refractivity contribution is -0.150. The molecule has 1 heterocycles. The quantitative estimate of drug-likeness (QED) is 0.0731. The fraction of sp³-hybridized carbons (Fsp3) is 0.400. The number of carbonyl (C=O) groups excluding carboxylic acids is 4. The van der Waals surface area contributed by atoms with E-state index in [4.69, 9.17) is 9.84 Å². The standard InChI is InChI=1S/C45H54N4O8S/c1-5-35(6-2)49(25-24-48(3)39(51)27-37(50)44(54)55)28-31-10-9-11-33(26-31)41(52)47-43-40(36-12-7-8-13-38(36)58-43)42(53)46-34-22-18-30(19-23-34)15-14-29-16-20-32(21-17-29)45(56)57-4/h9-11,16-23,26,35,37,50H,5-8,12-15,24-25,27-28H2,1-4H3,(H,46,53)(H,47,52)(H,54,55)/t37-/m0/s1. The highest BCUT2D eigenvalue weighted by Gasteiger charge is 2.27. The number of aliphatic hydroxyl groups excluding tert-OH is 1. The molecule has 58 heavy (non-hydrogen) atoms. The molecule has 1 atom stereocenters. The van der Waals surface area contributed by atoms with Gasteiger partial charge in [0.2, 0.25) is 5.91 Å². The van der Waals surface area contributed by atoms with Gasteiger partial charge in [-0.25, -0.2) is 9.59 Å². The number of benzene rings is 3. The van der Waals surface area contributed by atoms with E-state index >= 15 is 0 Å². The minimum atomic E-state index is -1.74. The van der Waals surface area contributed by atoms with Crippen molar-refractivity contribution in [2.45, 2.75) is 90.3 Å². The van der Waals surface area contributed by atoms with Gasteiger partial charge in [-0.15, -0.1) is 11.3 Å². The number of fused-ring (bicyclic) bond motifs is 1. The molecule has 3 aromatic carbocycles. The molecule has 12 nitrogen and oxygen atoms in total. The van der Waals surface area contributed by atoms with Crippen LogP contribution < -0.4 is 10.6 Å². The molecule has 308 valence electrons. The number of carbonyl (C=O) groups is 5. The van der Waals surface area contributed by atoms with Gasteiger partial charge in [-0.1, -0.05) is 50.2 Å². The van der Waals surface area contributed by atoms with Gasteiger partial charge in [0.05, 0.1) is 24.7 Å². The number of carboxylic acid groups (broad SMARTS) is 1. The molecule has 1 aliphatic rings. The monoisotopic (exact) mass is 810 g/mol. The predicted octanol–water partition coefficient (Wildman–Crippen LogP) is 6.99. The zero-order valence-corrected chi connectivity index (χ0v) is 34.5. The number of aliphatic carboxylic acids is 1. The number of carboxylic acids is 1. The summed E-state index contributed by atoms with van der Waals surface area (Å²) in [5, 5.41) is 25.3. The fourth-order valence-corrected chi connectivity index (χ4v) is 8.57. The molecule has 5 rings (SSSR count). The van der Waals surface area contributed by atoms with E-state index in [-0.39, 0.29) is 23.8 Å². The summed E-state index contributed by atoms with van der Waals surface area (Å²) in [6.45, 7) is 5.59. The van der Waals surface area contributed by atoms with Gasteiger partial charge in [-0.05, 0) is 110 Å². The van der Waals surface area contributed by atoms with Crippen LogP contribution in [-0.4, -0.2) is 89.1 Å². The van der Waals surface area contributed by atoms with Gasteiger partial charge in [0.1, 0.15) is 5.00 Å². The molecular formula is C45H54N4O8S. The van der Waals surface area contributed by atoms with Gasteiger partial charge in [0.15, 0.2) is 6.10 Å². The molecule has 4 aromatic rings. The lowest BCUT2D eigenvalue weighted by Gasteiger charge is -2.32. The van der Waals surface area contributed by atoms with Gasteiger partial charge in [0.25, 0.3) is 11.8 Å². The molecule has 4 N–H and O–H groups in total. The maximum absolute atomic E-state index is 14.0. The number of aryl methyl sites for hydroxylation is 3. The summed E-state index contributed by atoms with van der Waals surface area (Å²) in [6, 6.07) is 22.8. The summed E-state index contributed by atoms with van der Waals surface area (Å²) >= 11 is 1.47. The highest BCUT2D eigenvalue weighted by molar-refractivity contribution is 7.17. The summed E-state index contributed by atoms with van der Waals surface area (Å²) < 4.78 is 4.78. The SMILES string of the molecule is CCC(CC)N(CCN(C)C(=O)C[C@H](O)C(=O)O)Cc1cccc(C(=O)Nc2sc3c(c2C(=O)Nc2ccc(CCc4ccc(C(=O)OC)cc4)cc2)CCCC3)c1. The molecular weight excluding hydrogens is 757 g/mol. The second-order valence-electron chi connectivity index (χ2n) is 14.7. The number of anilines is 2. The number of thiophene rings is 1. The van der Waals surface area contributed by atoms with Crippen LogP contribution in [0.1, 0.15) is 104 Å². The van der Waals surface area contributed by atoms with Crippen LogP contribution in [0.2, 0.25) is 0 Å². The Morgan fingerprint density at radius 3 is 2.10 bits per heavy atom. The number of methoxy groups -OCH3 is 1. The second-order valence-corrected chi connectivity index (χ2v) is 15.8. The van der Waals surface area contributed by atoms with E-state index in [1.807, 2.05) is 54.6 Å².